The standard InChI is InChI=1S/C12H17N3O3/c16-9-13-6-2-1-3-12(4-7-14-10-17)5-8-15-11-18/h12H,1-8H2. The molecule has 0 fully saturated rings. The van der Waals surface area contributed by atoms with Gasteiger partial charge in [0.25, 0.3) is 0 Å². The first kappa shape index (κ1) is 16.1. The lowest BCUT2D eigenvalue weighted by atomic mass is 9.95. The van der Waals surface area contributed by atoms with Crippen molar-refractivity contribution in [2.24, 2.45) is 20.9 Å². The number of unbranched alkanes of at least 4 members (excludes halogenated alkanes) is 1. The van der Waals surface area contributed by atoms with E-state index in [0.717, 1.165) is 32.1 Å². The lowest BCUT2D eigenvalue weighted by molar-refractivity contribution is 0.414. The van der Waals surface area contributed by atoms with Gasteiger partial charge < -0.3 is 0 Å². The van der Waals surface area contributed by atoms with Gasteiger partial charge in [-0.25, -0.2) is 29.4 Å². The van der Waals surface area contributed by atoms with Crippen LogP contribution in [-0.2, 0) is 14.4 Å². The first-order chi connectivity index (χ1) is 8.85. The van der Waals surface area contributed by atoms with Crippen molar-refractivity contribution in [3.63, 3.8) is 0 Å². The van der Waals surface area contributed by atoms with Gasteiger partial charge in [0, 0.05) is 0 Å². The molecule has 0 amide bonds. The second-order valence-corrected chi connectivity index (χ2v) is 3.86. The van der Waals surface area contributed by atoms with E-state index in [1.807, 2.05) is 0 Å². The molecular weight excluding hydrogens is 234 g/mol. The number of hydrogen-bond acceptors (Lipinski definition) is 6. The second-order valence-electron chi connectivity index (χ2n) is 3.86. The van der Waals surface area contributed by atoms with Gasteiger partial charge in [0.15, 0.2) is 0 Å². The van der Waals surface area contributed by atoms with E-state index in [9.17, 15) is 14.4 Å². The minimum atomic E-state index is 0.361. The molecule has 0 heterocycles. The van der Waals surface area contributed by atoms with Crippen molar-refractivity contribution in [2.45, 2.75) is 32.1 Å². The average molecular weight is 251 g/mol. The van der Waals surface area contributed by atoms with Gasteiger partial charge in [-0.3, -0.25) is 0 Å². The summed E-state index contributed by atoms with van der Waals surface area (Å²) in [5, 5.41) is 0. The summed E-state index contributed by atoms with van der Waals surface area (Å²) < 4.78 is 0. The predicted octanol–water partition coefficient (Wildman–Crippen LogP) is 1.56. The molecule has 0 rings (SSSR count). The van der Waals surface area contributed by atoms with Gasteiger partial charge in [-0.2, -0.15) is 0 Å². The van der Waals surface area contributed by atoms with Gasteiger partial charge in [0.1, 0.15) is 0 Å². The number of rotatable bonds is 11. The van der Waals surface area contributed by atoms with Crippen LogP contribution >= 0.6 is 0 Å². The van der Waals surface area contributed by atoms with Crippen molar-refractivity contribution in [1.29, 1.82) is 0 Å². The quantitative estimate of drug-likeness (QED) is 0.317. The predicted molar refractivity (Wildman–Crippen MR) is 65.5 cm³/mol. The van der Waals surface area contributed by atoms with Crippen molar-refractivity contribution < 1.29 is 14.4 Å². The molecule has 0 aliphatic carbocycles. The van der Waals surface area contributed by atoms with Crippen molar-refractivity contribution in [1.82, 2.24) is 0 Å². The van der Waals surface area contributed by atoms with E-state index in [0.29, 0.717) is 25.6 Å². The van der Waals surface area contributed by atoms with Gasteiger partial charge in [-0.15, -0.1) is 0 Å². The first-order valence-corrected chi connectivity index (χ1v) is 5.96. The maximum absolute atomic E-state index is 9.97. The van der Waals surface area contributed by atoms with E-state index in [4.69, 9.17) is 0 Å². The van der Waals surface area contributed by atoms with Gasteiger partial charge in [0.05, 0.1) is 19.6 Å². The summed E-state index contributed by atoms with van der Waals surface area (Å²) in [5.41, 5.74) is 0. The van der Waals surface area contributed by atoms with E-state index in [2.05, 4.69) is 15.0 Å². The van der Waals surface area contributed by atoms with Gasteiger partial charge in [-0.1, -0.05) is 12.8 Å². The van der Waals surface area contributed by atoms with Crippen LogP contribution in [0.25, 0.3) is 0 Å². The van der Waals surface area contributed by atoms with Crippen LogP contribution in [0, 0.1) is 5.92 Å². The van der Waals surface area contributed by atoms with Gasteiger partial charge >= 0.3 is 0 Å². The molecule has 0 aliphatic heterocycles. The first-order valence-electron chi connectivity index (χ1n) is 5.96. The summed E-state index contributed by atoms with van der Waals surface area (Å²) in [6.45, 7) is 1.39. The molecular formula is C12H17N3O3. The smallest absolute Gasteiger partial charge is 0.211 e. The van der Waals surface area contributed by atoms with E-state index in [-0.39, 0.29) is 0 Å². The number of carbonyl (C=O) groups excluding carboxylic acids is 3. The molecule has 98 valence electrons. The zero-order valence-corrected chi connectivity index (χ0v) is 10.3. The molecule has 0 radical (unpaired) electrons. The number of hydrogen-bond donors (Lipinski definition) is 0. The third-order valence-electron chi connectivity index (χ3n) is 2.62. The molecule has 0 aliphatic rings. The molecule has 6 nitrogen and oxygen atoms in total. The van der Waals surface area contributed by atoms with Crippen LogP contribution in [0.15, 0.2) is 15.0 Å². The Morgan fingerprint density at radius 2 is 1.17 bits per heavy atom. The van der Waals surface area contributed by atoms with E-state index in [1.54, 1.807) is 0 Å². The normalized spacial score (nSPS) is 10.7. The summed E-state index contributed by atoms with van der Waals surface area (Å²) in [4.78, 5) is 40.3. The van der Waals surface area contributed by atoms with Crippen LogP contribution in [0.4, 0.5) is 0 Å². The number of nitrogens with zero attached hydrogens (tertiary/aromatic N) is 3. The molecule has 0 saturated heterocycles. The van der Waals surface area contributed by atoms with Crippen LogP contribution in [0.2, 0.25) is 0 Å². The van der Waals surface area contributed by atoms with Gasteiger partial charge in [-0.05, 0) is 25.2 Å². The molecule has 0 N–H and O–H groups in total. The summed E-state index contributed by atoms with van der Waals surface area (Å²) >= 11 is 0. The Hall–Kier alpha value is -1.86. The van der Waals surface area contributed by atoms with Crippen molar-refractivity contribution in [2.75, 3.05) is 19.6 Å². The Morgan fingerprint density at radius 3 is 1.67 bits per heavy atom. The Kier molecular flexibility index (Phi) is 11.8. The van der Waals surface area contributed by atoms with Crippen LogP contribution in [-0.4, -0.2) is 37.9 Å². The Balaban J connectivity index is 3.89. The van der Waals surface area contributed by atoms with Crippen LogP contribution < -0.4 is 0 Å². The van der Waals surface area contributed by atoms with Gasteiger partial charge in [0.2, 0.25) is 18.2 Å². The SMILES string of the molecule is O=C=NCCCCC(CCN=C=O)CCN=C=O. The average Bonchev–Trinajstić information content (AvgIpc) is 2.38. The molecule has 0 spiro atoms. The van der Waals surface area contributed by atoms with Crippen LogP contribution in [0.3, 0.4) is 0 Å². The number of aliphatic imine (C=N–C) groups is 3. The zero-order chi connectivity index (χ0) is 13.5. The minimum absolute atomic E-state index is 0.361. The van der Waals surface area contributed by atoms with E-state index in [1.165, 1.54) is 18.2 Å². The highest BCUT2D eigenvalue weighted by Gasteiger charge is 2.07. The molecule has 0 aromatic rings. The molecule has 18 heavy (non-hydrogen) atoms. The molecule has 6 heteroatoms. The fraction of sp³-hybridized carbons (Fsp3) is 0.750. The van der Waals surface area contributed by atoms with Crippen LogP contribution in [0.5, 0.6) is 0 Å². The van der Waals surface area contributed by atoms with E-state index >= 15 is 0 Å². The third-order valence-corrected chi connectivity index (χ3v) is 2.62. The van der Waals surface area contributed by atoms with Crippen molar-refractivity contribution in [3.8, 4) is 0 Å². The molecule has 0 aromatic heterocycles. The third kappa shape index (κ3) is 10.7. The highest BCUT2D eigenvalue weighted by molar-refractivity contribution is 5.33. The molecule has 0 atom stereocenters. The largest absolute Gasteiger partial charge is 0.234 e. The summed E-state index contributed by atoms with van der Waals surface area (Å²) in [6.07, 6.45) is 8.78. The molecule has 0 saturated carbocycles. The Morgan fingerprint density at radius 1 is 0.667 bits per heavy atom. The lowest BCUT2D eigenvalue weighted by Crippen LogP contribution is -2.05. The molecule has 0 unspecified atom stereocenters. The Bertz CT molecular complexity index is 330. The number of isocyanates is 3. The fourth-order valence-corrected chi connectivity index (χ4v) is 1.69. The topological polar surface area (TPSA) is 88.3 Å². The lowest BCUT2D eigenvalue weighted by Gasteiger charge is -2.13. The molecule has 0 bridgehead atoms. The maximum Gasteiger partial charge on any atom is 0.234 e. The maximum atomic E-state index is 9.97. The van der Waals surface area contributed by atoms with Crippen molar-refractivity contribution in [3.05, 3.63) is 0 Å². The molecule has 0 aromatic carbocycles. The Labute approximate surface area is 106 Å². The fourth-order valence-electron chi connectivity index (χ4n) is 1.69. The monoisotopic (exact) mass is 251 g/mol. The summed E-state index contributed by atoms with van der Waals surface area (Å²) in [5.74, 6) is 0.361. The van der Waals surface area contributed by atoms with E-state index < -0.39 is 0 Å². The van der Waals surface area contributed by atoms with Crippen LogP contribution in [0.1, 0.15) is 32.1 Å². The minimum Gasteiger partial charge on any atom is -0.211 e. The highest BCUT2D eigenvalue weighted by Crippen LogP contribution is 2.17. The summed E-state index contributed by atoms with van der Waals surface area (Å²) in [6, 6.07) is 0. The second kappa shape index (κ2) is 13.2. The summed E-state index contributed by atoms with van der Waals surface area (Å²) in [7, 11) is 0. The van der Waals surface area contributed by atoms with Crippen molar-refractivity contribution >= 4 is 18.2 Å². The zero-order valence-electron chi connectivity index (χ0n) is 10.3. The highest BCUT2D eigenvalue weighted by atomic mass is 16.1.